The van der Waals surface area contributed by atoms with E-state index < -0.39 is 0 Å². The van der Waals surface area contributed by atoms with Crippen molar-refractivity contribution >= 4 is 5.69 Å². The first-order chi connectivity index (χ1) is 12.0. The molecule has 0 radical (unpaired) electrons. The summed E-state index contributed by atoms with van der Waals surface area (Å²) < 4.78 is 0. The molecular weight excluding hydrogens is 312 g/mol. The van der Waals surface area contributed by atoms with E-state index in [9.17, 15) is 10.1 Å². The highest BCUT2D eigenvalue weighted by Gasteiger charge is 2.25. The number of benzene rings is 2. The second kappa shape index (κ2) is 7.51. The van der Waals surface area contributed by atoms with E-state index in [1.54, 1.807) is 0 Å². The van der Waals surface area contributed by atoms with E-state index in [0.717, 1.165) is 36.2 Å². The molecule has 4 nitrogen and oxygen atoms in total. The van der Waals surface area contributed by atoms with Crippen molar-refractivity contribution in [2.75, 3.05) is 18.0 Å². The van der Waals surface area contributed by atoms with Gasteiger partial charge in [0, 0.05) is 23.4 Å². The highest BCUT2D eigenvalue weighted by molar-refractivity contribution is 5.54. The van der Waals surface area contributed by atoms with Gasteiger partial charge in [0.05, 0.1) is 5.92 Å². The smallest absolute Gasteiger partial charge is 0.214 e. The van der Waals surface area contributed by atoms with E-state index >= 15 is 0 Å². The molecule has 1 atom stereocenters. The van der Waals surface area contributed by atoms with Crippen LogP contribution >= 0.6 is 0 Å². The molecule has 1 heterocycles. The van der Waals surface area contributed by atoms with Crippen LogP contribution in [0.2, 0.25) is 0 Å². The Balaban J connectivity index is 1.93. The van der Waals surface area contributed by atoms with Crippen molar-refractivity contribution in [3.8, 4) is 0 Å². The summed E-state index contributed by atoms with van der Waals surface area (Å²) in [6.45, 7) is 5.12. The fourth-order valence-corrected chi connectivity index (χ4v) is 3.43. The quantitative estimate of drug-likeness (QED) is 0.579. The first-order valence-electron chi connectivity index (χ1n) is 8.76. The van der Waals surface area contributed by atoms with Crippen LogP contribution < -0.4 is 4.90 Å². The summed E-state index contributed by atoms with van der Waals surface area (Å²) in [7, 11) is 0. The largest absolute Gasteiger partial charge is 0.348 e. The van der Waals surface area contributed by atoms with Crippen LogP contribution in [-0.4, -0.2) is 18.0 Å². The lowest BCUT2D eigenvalue weighted by atomic mass is 9.87. The molecule has 4 heteroatoms. The van der Waals surface area contributed by atoms with E-state index in [2.05, 4.69) is 43.1 Å². The Hall–Kier alpha value is -2.62. The maximum atomic E-state index is 11.2. The third-order valence-corrected chi connectivity index (χ3v) is 4.99. The van der Waals surface area contributed by atoms with Crippen molar-refractivity contribution < 1.29 is 4.92 Å². The van der Waals surface area contributed by atoms with Crippen molar-refractivity contribution in [3.63, 3.8) is 0 Å². The Morgan fingerprint density at radius 1 is 1.12 bits per heavy atom. The summed E-state index contributed by atoms with van der Waals surface area (Å²) >= 11 is 0. The number of nitrogens with zero attached hydrogens (tertiary/aromatic N) is 2. The monoisotopic (exact) mass is 336 g/mol. The fraction of sp³-hybridized carbons (Fsp3) is 0.333. The summed E-state index contributed by atoms with van der Waals surface area (Å²) in [5.74, 6) is -0.162. The van der Waals surface area contributed by atoms with Crippen LogP contribution in [0.1, 0.15) is 35.4 Å². The van der Waals surface area contributed by atoms with Gasteiger partial charge in [-0.25, -0.2) is 0 Å². The lowest BCUT2D eigenvalue weighted by molar-refractivity contribution is -0.482. The van der Waals surface area contributed by atoms with Gasteiger partial charge in [0.15, 0.2) is 0 Å². The van der Waals surface area contributed by atoms with Crippen molar-refractivity contribution in [1.29, 1.82) is 0 Å². The molecule has 1 aliphatic heterocycles. The number of rotatable bonds is 5. The summed E-state index contributed by atoms with van der Waals surface area (Å²) in [6.07, 6.45) is 4.06. The molecule has 3 rings (SSSR count). The maximum Gasteiger partial charge on any atom is 0.214 e. The molecule has 0 bridgehead atoms. The molecule has 0 aromatic heterocycles. The van der Waals surface area contributed by atoms with E-state index in [1.165, 1.54) is 11.1 Å². The Bertz CT molecular complexity index is 784. The van der Waals surface area contributed by atoms with Crippen LogP contribution in [0, 0.1) is 24.0 Å². The third kappa shape index (κ3) is 4.08. The molecule has 2 aromatic rings. The molecule has 0 saturated heterocycles. The van der Waals surface area contributed by atoms with E-state index in [0.29, 0.717) is 0 Å². The van der Waals surface area contributed by atoms with Gasteiger partial charge in [-0.3, -0.25) is 10.1 Å². The van der Waals surface area contributed by atoms with Gasteiger partial charge in [-0.2, -0.15) is 0 Å². The van der Waals surface area contributed by atoms with Crippen molar-refractivity contribution in [2.24, 2.45) is 0 Å². The minimum atomic E-state index is -0.201. The van der Waals surface area contributed by atoms with Gasteiger partial charge >= 0.3 is 0 Å². The van der Waals surface area contributed by atoms with Crippen LogP contribution in [0.25, 0.3) is 0 Å². The SMILES string of the molecule is Cc1ccc(N2C=C(C(C[N+](=O)[O-])c3ccccc3)CCC2)cc1C. The fourth-order valence-electron chi connectivity index (χ4n) is 3.43. The molecule has 2 aromatic carbocycles. The molecule has 0 amide bonds. The standard InChI is InChI=1S/C21H24N2O2/c1-16-10-11-20(13-17(16)2)22-12-6-9-19(14-22)21(15-23(24)25)18-7-4-3-5-8-18/h3-5,7-8,10-11,13-14,21H,6,9,12,15H2,1-2H3. The average Bonchev–Trinajstić information content (AvgIpc) is 2.63. The van der Waals surface area contributed by atoms with Gasteiger partial charge in [0.25, 0.3) is 0 Å². The zero-order chi connectivity index (χ0) is 17.8. The number of hydrogen-bond acceptors (Lipinski definition) is 3. The lowest BCUT2D eigenvalue weighted by Gasteiger charge is -2.30. The van der Waals surface area contributed by atoms with Gasteiger partial charge in [0.1, 0.15) is 0 Å². The zero-order valence-corrected chi connectivity index (χ0v) is 14.8. The second-order valence-electron chi connectivity index (χ2n) is 6.75. The summed E-state index contributed by atoms with van der Waals surface area (Å²) in [5, 5.41) is 11.2. The summed E-state index contributed by atoms with van der Waals surface area (Å²) in [4.78, 5) is 13.3. The molecular formula is C21H24N2O2. The maximum absolute atomic E-state index is 11.2. The lowest BCUT2D eigenvalue weighted by Crippen LogP contribution is -2.26. The molecule has 130 valence electrons. The molecule has 0 fully saturated rings. The molecule has 1 unspecified atom stereocenters. The van der Waals surface area contributed by atoms with E-state index in [-0.39, 0.29) is 17.4 Å². The van der Waals surface area contributed by atoms with Crippen LogP contribution in [0.5, 0.6) is 0 Å². The van der Waals surface area contributed by atoms with Gasteiger partial charge in [0.2, 0.25) is 6.54 Å². The number of nitro groups is 1. The normalized spacial score (nSPS) is 15.6. The van der Waals surface area contributed by atoms with Gasteiger partial charge in [-0.1, -0.05) is 36.4 Å². The van der Waals surface area contributed by atoms with Crippen molar-refractivity contribution in [1.82, 2.24) is 0 Å². The molecule has 0 N–H and O–H groups in total. The molecule has 25 heavy (non-hydrogen) atoms. The van der Waals surface area contributed by atoms with Crippen LogP contribution in [0.3, 0.4) is 0 Å². The Morgan fingerprint density at radius 3 is 2.56 bits per heavy atom. The Morgan fingerprint density at radius 2 is 1.88 bits per heavy atom. The summed E-state index contributed by atoms with van der Waals surface area (Å²) in [6, 6.07) is 16.3. The Kier molecular flexibility index (Phi) is 5.17. The highest BCUT2D eigenvalue weighted by Crippen LogP contribution is 2.33. The second-order valence-corrected chi connectivity index (χ2v) is 6.75. The molecule has 0 aliphatic carbocycles. The van der Waals surface area contributed by atoms with E-state index in [1.807, 2.05) is 30.3 Å². The van der Waals surface area contributed by atoms with Gasteiger partial charge < -0.3 is 4.90 Å². The van der Waals surface area contributed by atoms with Crippen LogP contribution in [0.15, 0.2) is 60.3 Å². The molecule has 1 aliphatic rings. The van der Waals surface area contributed by atoms with Crippen molar-refractivity contribution in [3.05, 3.63) is 87.1 Å². The van der Waals surface area contributed by atoms with Crippen LogP contribution in [0.4, 0.5) is 5.69 Å². The number of anilines is 1. The number of hydrogen-bond donors (Lipinski definition) is 0. The predicted molar refractivity (Wildman–Crippen MR) is 102 cm³/mol. The van der Waals surface area contributed by atoms with Crippen molar-refractivity contribution in [2.45, 2.75) is 32.6 Å². The molecule has 0 saturated carbocycles. The van der Waals surface area contributed by atoms with Gasteiger partial charge in [-0.05, 0) is 61.1 Å². The Labute approximate surface area is 148 Å². The first-order valence-corrected chi connectivity index (χ1v) is 8.76. The van der Waals surface area contributed by atoms with E-state index in [4.69, 9.17) is 0 Å². The van der Waals surface area contributed by atoms with Crippen LogP contribution in [-0.2, 0) is 0 Å². The summed E-state index contributed by atoms with van der Waals surface area (Å²) in [5.41, 5.74) is 5.87. The average molecular weight is 336 g/mol. The minimum absolute atomic E-state index is 0.0589. The zero-order valence-electron chi connectivity index (χ0n) is 14.8. The number of aryl methyl sites for hydroxylation is 2. The topological polar surface area (TPSA) is 46.4 Å². The third-order valence-electron chi connectivity index (χ3n) is 4.99. The van der Waals surface area contributed by atoms with Gasteiger partial charge in [-0.15, -0.1) is 0 Å². The first kappa shape index (κ1) is 17.2. The predicted octanol–water partition coefficient (Wildman–Crippen LogP) is 4.85. The minimum Gasteiger partial charge on any atom is -0.348 e. The highest BCUT2D eigenvalue weighted by atomic mass is 16.6. The molecule has 0 spiro atoms.